The molecule has 4 aliphatic carbocycles. The molecule has 0 amide bonds. The van der Waals surface area contributed by atoms with Crippen LogP contribution in [0.15, 0.2) is 60.8 Å². The van der Waals surface area contributed by atoms with Gasteiger partial charge in [-0.2, -0.15) is 0 Å². The summed E-state index contributed by atoms with van der Waals surface area (Å²) in [6.45, 7) is 19.9. The quantitative estimate of drug-likeness (QED) is 0.285. The van der Waals surface area contributed by atoms with E-state index >= 15 is 0 Å². The van der Waals surface area contributed by atoms with Crippen LogP contribution in [0.25, 0.3) is 0 Å². The lowest BCUT2D eigenvalue weighted by Gasteiger charge is -2.58. The first kappa shape index (κ1) is 22.9. The van der Waals surface area contributed by atoms with Gasteiger partial charge in [0, 0.05) is 0 Å². The summed E-state index contributed by atoms with van der Waals surface area (Å²) in [5, 5.41) is 0. The van der Waals surface area contributed by atoms with Crippen LogP contribution >= 0.6 is 0 Å². The Bertz CT molecular complexity index is 778. The van der Waals surface area contributed by atoms with Crippen molar-refractivity contribution in [3.63, 3.8) is 0 Å². The maximum Gasteiger partial charge on any atom is -0.00851 e. The van der Waals surface area contributed by atoms with Gasteiger partial charge in [-0.05, 0) is 122 Å². The van der Waals surface area contributed by atoms with Crippen LogP contribution in [0.3, 0.4) is 0 Å². The molecule has 0 spiro atoms. The normalized spacial score (nSPS) is 42.1. The number of allylic oxidation sites excluding steroid dienone is 7. The summed E-state index contributed by atoms with van der Waals surface area (Å²) < 4.78 is 0. The van der Waals surface area contributed by atoms with Gasteiger partial charge in [0.1, 0.15) is 0 Å². The number of hydrogen-bond donors (Lipinski definition) is 0. The topological polar surface area (TPSA) is 0 Å². The second kappa shape index (κ2) is 8.92. The van der Waals surface area contributed by atoms with Gasteiger partial charge >= 0.3 is 0 Å². The van der Waals surface area contributed by atoms with Crippen LogP contribution in [-0.2, 0) is 0 Å². The SMILES string of the molecule is C=C/C=C(\C=C)C(=C)CCCC1CCC2C3CC=C4CC(C)CCC4(C)C3CCC12C. The van der Waals surface area contributed by atoms with Crippen molar-refractivity contribution in [2.45, 2.75) is 91.4 Å². The third-order valence-corrected chi connectivity index (χ3v) is 10.5. The van der Waals surface area contributed by atoms with Gasteiger partial charge in [0.25, 0.3) is 0 Å². The fourth-order valence-electron chi connectivity index (χ4n) is 8.59. The molecule has 170 valence electrons. The second-order valence-corrected chi connectivity index (χ2v) is 12.0. The van der Waals surface area contributed by atoms with Gasteiger partial charge in [0.15, 0.2) is 0 Å². The molecule has 31 heavy (non-hydrogen) atoms. The van der Waals surface area contributed by atoms with Crippen LogP contribution in [0.5, 0.6) is 0 Å². The first-order valence-electron chi connectivity index (χ1n) is 13.2. The lowest BCUT2D eigenvalue weighted by atomic mass is 9.47. The Morgan fingerprint density at radius 1 is 1.10 bits per heavy atom. The van der Waals surface area contributed by atoms with Crippen LogP contribution in [0.1, 0.15) is 91.4 Å². The van der Waals surface area contributed by atoms with E-state index < -0.39 is 0 Å². The zero-order chi connectivity index (χ0) is 22.2. The molecular formula is C31H46. The Balaban J connectivity index is 1.42. The van der Waals surface area contributed by atoms with Gasteiger partial charge in [-0.3, -0.25) is 0 Å². The fourth-order valence-corrected chi connectivity index (χ4v) is 8.59. The average Bonchev–Trinajstić information content (AvgIpc) is 3.09. The van der Waals surface area contributed by atoms with Crippen LogP contribution in [0.4, 0.5) is 0 Å². The van der Waals surface area contributed by atoms with Crippen molar-refractivity contribution in [1.82, 2.24) is 0 Å². The largest absolute Gasteiger partial charge is 0.0990 e. The molecule has 0 heterocycles. The minimum Gasteiger partial charge on any atom is -0.0990 e. The highest BCUT2D eigenvalue weighted by Crippen LogP contribution is 2.67. The van der Waals surface area contributed by atoms with Crippen molar-refractivity contribution < 1.29 is 0 Å². The molecule has 4 rings (SSSR count). The smallest absolute Gasteiger partial charge is 0.00851 e. The Labute approximate surface area is 192 Å². The second-order valence-electron chi connectivity index (χ2n) is 12.0. The van der Waals surface area contributed by atoms with Gasteiger partial charge in [-0.15, -0.1) is 0 Å². The highest BCUT2D eigenvalue weighted by atomic mass is 14.6. The zero-order valence-corrected chi connectivity index (χ0v) is 20.6. The van der Waals surface area contributed by atoms with E-state index in [0.29, 0.717) is 10.8 Å². The zero-order valence-electron chi connectivity index (χ0n) is 20.6. The molecule has 0 aromatic rings. The Morgan fingerprint density at radius 2 is 1.90 bits per heavy atom. The number of hydrogen-bond acceptors (Lipinski definition) is 0. The molecule has 0 bridgehead atoms. The van der Waals surface area contributed by atoms with Crippen molar-refractivity contribution >= 4 is 0 Å². The molecule has 0 heteroatoms. The summed E-state index contributed by atoms with van der Waals surface area (Å²) in [6.07, 6.45) is 23.8. The minimum atomic E-state index is 0.519. The summed E-state index contributed by atoms with van der Waals surface area (Å²) in [5.74, 6) is 4.67. The maximum atomic E-state index is 4.32. The van der Waals surface area contributed by atoms with Crippen molar-refractivity contribution in [3.8, 4) is 0 Å². The number of fused-ring (bicyclic) bond motifs is 5. The average molecular weight is 419 g/mol. The predicted octanol–water partition coefficient (Wildman–Crippen LogP) is 9.23. The lowest BCUT2D eigenvalue weighted by Crippen LogP contribution is -2.49. The third kappa shape index (κ3) is 3.98. The van der Waals surface area contributed by atoms with Crippen LogP contribution in [0.2, 0.25) is 0 Å². The van der Waals surface area contributed by atoms with Gasteiger partial charge < -0.3 is 0 Å². The molecule has 0 saturated heterocycles. The Hall–Kier alpha value is -1.30. The summed E-state index contributed by atoms with van der Waals surface area (Å²) in [7, 11) is 0. The third-order valence-electron chi connectivity index (χ3n) is 10.5. The Kier molecular flexibility index (Phi) is 6.58. The molecule has 7 unspecified atom stereocenters. The molecule has 0 radical (unpaired) electrons. The predicted molar refractivity (Wildman–Crippen MR) is 136 cm³/mol. The standard InChI is InChI=1S/C31H46/c1-7-10-24(8-2)23(4)11-9-12-25-14-16-28-27-15-13-26-21-22(3)17-19-31(26,6)29(27)18-20-30(25,28)5/h7-8,10,13,22,25,27-29H,1-2,4,9,11-12,14-21H2,3,5-6H3/b24-10+. The molecule has 0 nitrogen and oxygen atoms in total. The van der Waals surface area contributed by atoms with Gasteiger partial charge in [0.05, 0.1) is 0 Å². The summed E-state index contributed by atoms with van der Waals surface area (Å²) >= 11 is 0. The van der Waals surface area contributed by atoms with E-state index in [1.54, 1.807) is 0 Å². The van der Waals surface area contributed by atoms with E-state index in [0.717, 1.165) is 41.6 Å². The van der Waals surface area contributed by atoms with Gasteiger partial charge in [-0.1, -0.05) is 70.4 Å². The van der Waals surface area contributed by atoms with Crippen molar-refractivity contribution in [3.05, 3.63) is 60.8 Å². The summed E-state index contributed by atoms with van der Waals surface area (Å²) in [5.41, 5.74) is 5.32. The van der Waals surface area contributed by atoms with Crippen LogP contribution in [0, 0.1) is 40.4 Å². The Morgan fingerprint density at radius 3 is 2.65 bits per heavy atom. The van der Waals surface area contributed by atoms with Crippen LogP contribution in [-0.4, -0.2) is 0 Å². The molecular weight excluding hydrogens is 372 g/mol. The summed E-state index contributed by atoms with van der Waals surface area (Å²) in [4.78, 5) is 0. The molecule has 0 aromatic carbocycles. The van der Waals surface area contributed by atoms with Crippen molar-refractivity contribution in [1.29, 1.82) is 0 Å². The minimum absolute atomic E-state index is 0.519. The molecule has 0 aromatic heterocycles. The summed E-state index contributed by atoms with van der Waals surface area (Å²) in [6, 6.07) is 0. The molecule has 0 N–H and O–H groups in total. The maximum absolute atomic E-state index is 4.32. The fraction of sp³-hybridized carbons (Fsp3) is 0.677. The van der Waals surface area contributed by atoms with E-state index in [1.165, 1.54) is 69.8 Å². The molecule has 3 fully saturated rings. The lowest BCUT2D eigenvalue weighted by molar-refractivity contribution is -0.0449. The van der Waals surface area contributed by atoms with E-state index in [4.69, 9.17) is 0 Å². The van der Waals surface area contributed by atoms with E-state index in [1.807, 2.05) is 23.8 Å². The molecule has 7 atom stereocenters. The molecule has 0 aliphatic heterocycles. The van der Waals surface area contributed by atoms with Crippen molar-refractivity contribution in [2.24, 2.45) is 40.4 Å². The highest BCUT2D eigenvalue weighted by molar-refractivity contribution is 5.39. The highest BCUT2D eigenvalue weighted by Gasteiger charge is 2.58. The first-order chi connectivity index (χ1) is 14.8. The molecule has 4 aliphatic rings. The first-order valence-corrected chi connectivity index (χ1v) is 13.2. The monoisotopic (exact) mass is 418 g/mol. The van der Waals surface area contributed by atoms with Crippen molar-refractivity contribution in [2.75, 3.05) is 0 Å². The van der Waals surface area contributed by atoms with E-state index in [9.17, 15) is 0 Å². The van der Waals surface area contributed by atoms with E-state index in [2.05, 4.69) is 46.6 Å². The molecule has 3 saturated carbocycles. The van der Waals surface area contributed by atoms with Gasteiger partial charge in [-0.25, -0.2) is 0 Å². The van der Waals surface area contributed by atoms with Gasteiger partial charge in [0.2, 0.25) is 0 Å². The van der Waals surface area contributed by atoms with Crippen LogP contribution < -0.4 is 0 Å². The van der Waals surface area contributed by atoms with E-state index in [-0.39, 0.29) is 0 Å². The number of rotatable bonds is 7.